The summed E-state index contributed by atoms with van der Waals surface area (Å²) in [6.07, 6.45) is 4.61. The Morgan fingerprint density at radius 1 is 1.11 bits per heavy atom. The molecule has 2 heterocycles. The van der Waals surface area contributed by atoms with Crippen molar-refractivity contribution in [3.63, 3.8) is 0 Å². The molecule has 2 aliphatic heterocycles. The highest BCUT2D eigenvalue weighted by Gasteiger charge is 2.24. The number of benzene rings is 1. The molecule has 0 aromatic heterocycles. The molecule has 1 aromatic carbocycles. The molecule has 0 aliphatic carbocycles. The third-order valence-electron chi connectivity index (χ3n) is 4.02. The molecule has 1 saturated heterocycles. The van der Waals surface area contributed by atoms with Gasteiger partial charge < -0.3 is 14.6 Å². The van der Waals surface area contributed by atoms with E-state index < -0.39 is 0 Å². The molecular formula is C15H21NO3. The fourth-order valence-electron chi connectivity index (χ4n) is 3.03. The van der Waals surface area contributed by atoms with E-state index in [1.807, 2.05) is 6.07 Å². The third-order valence-corrected chi connectivity index (χ3v) is 4.02. The molecule has 0 saturated carbocycles. The van der Waals surface area contributed by atoms with Crippen molar-refractivity contribution >= 4 is 0 Å². The number of hydrogen-bond donors (Lipinski definition) is 1. The zero-order valence-electron chi connectivity index (χ0n) is 11.2. The maximum absolute atomic E-state index is 9.34. The smallest absolute Gasteiger partial charge is 0.231 e. The first-order valence-electron chi connectivity index (χ1n) is 7.13. The number of aliphatic hydroxyl groups is 1. The van der Waals surface area contributed by atoms with Crippen molar-refractivity contribution in [2.24, 2.45) is 0 Å². The van der Waals surface area contributed by atoms with Crippen LogP contribution in [0.4, 0.5) is 0 Å². The Labute approximate surface area is 113 Å². The molecule has 4 heteroatoms. The van der Waals surface area contributed by atoms with E-state index in [9.17, 15) is 5.11 Å². The van der Waals surface area contributed by atoms with E-state index in [4.69, 9.17) is 9.47 Å². The van der Waals surface area contributed by atoms with Crippen molar-refractivity contribution in [1.29, 1.82) is 0 Å². The van der Waals surface area contributed by atoms with Crippen LogP contribution in [-0.2, 0) is 0 Å². The molecule has 1 unspecified atom stereocenters. The summed E-state index contributed by atoms with van der Waals surface area (Å²) in [7, 11) is 0. The summed E-state index contributed by atoms with van der Waals surface area (Å²) in [6.45, 7) is 2.78. The van der Waals surface area contributed by atoms with Crippen LogP contribution in [0, 0.1) is 0 Å². The van der Waals surface area contributed by atoms with Gasteiger partial charge in [-0.1, -0.05) is 12.5 Å². The van der Waals surface area contributed by atoms with Crippen molar-refractivity contribution in [3.8, 4) is 11.5 Å². The van der Waals surface area contributed by atoms with E-state index in [1.165, 1.54) is 24.8 Å². The highest BCUT2D eigenvalue weighted by molar-refractivity contribution is 5.45. The molecule has 0 amide bonds. The van der Waals surface area contributed by atoms with Crippen molar-refractivity contribution in [2.45, 2.75) is 31.7 Å². The van der Waals surface area contributed by atoms with Crippen LogP contribution in [0.15, 0.2) is 18.2 Å². The number of likely N-dealkylation sites (tertiary alicyclic amines) is 1. The average molecular weight is 263 g/mol. The van der Waals surface area contributed by atoms with Crippen LogP contribution in [0.3, 0.4) is 0 Å². The number of hydrogen-bond acceptors (Lipinski definition) is 4. The highest BCUT2D eigenvalue weighted by Crippen LogP contribution is 2.36. The Balaban J connectivity index is 1.82. The number of fused-ring (bicyclic) bond motifs is 1. The fraction of sp³-hybridized carbons (Fsp3) is 0.600. The van der Waals surface area contributed by atoms with Crippen LogP contribution in [0.25, 0.3) is 0 Å². The minimum Gasteiger partial charge on any atom is -0.454 e. The average Bonchev–Trinajstić information content (AvgIpc) is 2.93. The summed E-state index contributed by atoms with van der Waals surface area (Å²) < 4.78 is 10.8. The second kappa shape index (κ2) is 5.80. The molecule has 19 heavy (non-hydrogen) atoms. The zero-order valence-corrected chi connectivity index (χ0v) is 11.2. The SMILES string of the molecule is OCCC(c1ccc2c(c1)OCO2)N1CCCCC1. The van der Waals surface area contributed by atoms with E-state index in [-0.39, 0.29) is 6.61 Å². The maximum atomic E-state index is 9.34. The molecule has 1 fully saturated rings. The van der Waals surface area contributed by atoms with Gasteiger partial charge >= 0.3 is 0 Å². The standard InChI is InChI=1S/C15H21NO3/c17-9-6-13(16-7-2-1-3-8-16)12-4-5-14-15(10-12)19-11-18-14/h4-5,10,13,17H,1-3,6-9,11H2. The largest absolute Gasteiger partial charge is 0.454 e. The molecule has 0 radical (unpaired) electrons. The quantitative estimate of drug-likeness (QED) is 0.905. The molecule has 1 atom stereocenters. The first-order valence-corrected chi connectivity index (χ1v) is 7.13. The summed E-state index contributed by atoms with van der Waals surface area (Å²) in [5.74, 6) is 1.66. The summed E-state index contributed by atoms with van der Waals surface area (Å²) >= 11 is 0. The van der Waals surface area contributed by atoms with Crippen LogP contribution in [0.2, 0.25) is 0 Å². The first-order chi connectivity index (χ1) is 9.38. The summed E-state index contributed by atoms with van der Waals surface area (Å²) in [5, 5.41) is 9.34. The van der Waals surface area contributed by atoms with Gasteiger partial charge in [-0.05, 0) is 50.0 Å². The third kappa shape index (κ3) is 2.69. The van der Waals surface area contributed by atoms with Crippen LogP contribution < -0.4 is 9.47 Å². The molecule has 4 nitrogen and oxygen atoms in total. The van der Waals surface area contributed by atoms with Gasteiger partial charge in [-0.25, -0.2) is 0 Å². The highest BCUT2D eigenvalue weighted by atomic mass is 16.7. The van der Waals surface area contributed by atoms with Gasteiger partial charge in [0, 0.05) is 12.6 Å². The Hall–Kier alpha value is -1.26. The molecule has 3 rings (SSSR count). The first kappa shape index (κ1) is 12.8. The number of ether oxygens (including phenoxy) is 2. The number of piperidine rings is 1. The lowest BCUT2D eigenvalue weighted by Crippen LogP contribution is -2.34. The summed E-state index contributed by atoms with van der Waals surface area (Å²) in [5.41, 5.74) is 1.22. The number of rotatable bonds is 4. The van der Waals surface area contributed by atoms with E-state index in [0.29, 0.717) is 12.8 Å². The summed E-state index contributed by atoms with van der Waals surface area (Å²) in [6, 6.07) is 6.44. The minimum absolute atomic E-state index is 0.218. The number of nitrogens with zero attached hydrogens (tertiary/aromatic N) is 1. The molecular weight excluding hydrogens is 242 g/mol. The predicted molar refractivity (Wildman–Crippen MR) is 72.4 cm³/mol. The lowest BCUT2D eigenvalue weighted by molar-refractivity contribution is 0.133. The fourth-order valence-corrected chi connectivity index (χ4v) is 3.03. The Bertz CT molecular complexity index is 429. The molecule has 0 spiro atoms. The van der Waals surface area contributed by atoms with Gasteiger partial charge in [-0.3, -0.25) is 4.90 Å². The molecule has 1 N–H and O–H groups in total. The van der Waals surface area contributed by atoms with Crippen LogP contribution in [0.5, 0.6) is 11.5 Å². The Morgan fingerprint density at radius 2 is 1.89 bits per heavy atom. The van der Waals surface area contributed by atoms with Gasteiger partial charge in [0.05, 0.1) is 0 Å². The second-order valence-electron chi connectivity index (χ2n) is 5.24. The second-order valence-corrected chi connectivity index (χ2v) is 5.24. The van der Waals surface area contributed by atoms with E-state index in [0.717, 1.165) is 31.0 Å². The molecule has 1 aromatic rings. The van der Waals surface area contributed by atoms with E-state index >= 15 is 0 Å². The Morgan fingerprint density at radius 3 is 2.68 bits per heavy atom. The summed E-state index contributed by atoms with van der Waals surface area (Å²) in [4.78, 5) is 2.48. The maximum Gasteiger partial charge on any atom is 0.231 e. The van der Waals surface area contributed by atoms with Crippen LogP contribution in [0.1, 0.15) is 37.3 Å². The van der Waals surface area contributed by atoms with Crippen LogP contribution in [-0.4, -0.2) is 36.5 Å². The van der Waals surface area contributed by atoms with Gasteiger partial charge in [-0.2, -0.15) is 0 Å². The monoisotopic (exact) mass is 263 g/mol. The zero-order chi connectivity index (χ0) is 13.1. The lowest BCUT2D eigenvalue weighted by Gasteiger charge is -2.34. The molecule has 104 valence electrons. The van der Waals surface area contributed by atoms with Gasteiger partial charge in [0.15, 0.2) is 11.5 Å². The van der Waals surface area contributed by atoms with E-state index in [2.05, 4.69) is 17.0 Å². The lowest BCUT2D eigenvalue weighted by atomic mass is 9.99. The molecule has 0 bridgehead atoms. The van der Waals surface area contributed by atoms with E-state index in [1.54, 1.807) is 0 Å². The number of aliphatic hydroxyl groups excluding tert-OH is 1. The predicted octanol–water partition coefficient (Wildman–Crippen LogP) is 2.32. The normalized spacial score (nSPS) is 20.5. The van der Waals surface area contributed by atoms with Gasteiger partial charge in [-0.15, -0.1) is 0 Å². The van der Waals surface area contributed by atoms with Crippen LogP contribution >= 0.6 is 0 Å². The molecule has 2 aliphatic rings. The Kier molecular flexibility index (Phi) is 3.89. The van der Waals surface area contributed by atoms with Gasteiger partial charge in [0.1, 0.15) is 0 Å². The topological polar surface area (TPSA) is 41.9 Å². The van der Waals surface area contributed by atoms with Crippen molar-refractivity contribution in [1.82, 2.24) is 4.90 Å². The van der Waals surface area contributed by atoms with Crippen molar-refractivity contribution < 1.29 is 14.6 Å². The van der Waals surface area contributed by atoms with Gasteiger partial charge in [0.25, 0.3) is 0 Å². The van der Waals surface area contributed by atoms with Gasteiger partial charge in [0.2, 0.25) is 6.79 Å². The van der Waals surface area contributed by atoms with Crippen molar-refractivity contribution in [2.75, 3.05) is 26.5 Å². The van der Waals surface area contributed by atoms with Crippen molar-refractivity contribution in [3.05, 3.63) is 23.8 Å². The minimum atomic E-state index is 0.218.